The van der Waals surface area contributed by atoms with Gasteiger partial charge >= 0.3 is 23.7 Å². The second-order valence-corrected chi connectivity index (χ2v) is 2.62. The van der Waals surface area contributed by atoms with Crippen molar-refractivity contribution in [2.45, 2.75) is 20.0 Å². The fourth-order valence-electron chi connectivity index (χ4n) is 0.953. The maximum absolute atomic E-state index is 11.1. The van der Waals surface area contributed by atoms with E-state index in [1.807, 2.05) is 13.8 Å². The van der Waals surface area contributed by atoms with Gasteiger partial charge in [0.25, 0.3) is 0 Å². The van der Waals surface area contributed by atoms with E-state index in [2.05, 4.69) is 10.6 Å². The number of carbonyl (C=O) groups is 2. The van der Waals surface area contributed by atoms with E-state index in [1.165, 1.54) is 0 Å². The minimum Gasteiger partial charge on any atom is -0.347 e. The molecule has 0 bridgehead atoms. The summed E-state index contributed by atoms with van der Waals surface area (Å²) in [6.07, 6.45) is -0.661. The third-order valence-electron chi connectivity index (χ3n) is 1.58. The average Bonchev–Trinajstić information content (AvgIpc) is 2.84. The van der Waals surface area contributed by atoms with Gasteiger partial charge < -0.3 is 10.6 Å². The zero-order valence-electron chi connectivity index (χ0n) is 7.72. The van der Waals surface area contributed by atoms with Gasteiger partial charge in [0.1, 0.15) is 0 Å². The molecule has 72 valence electrons. The molecule has 13 heavy (non-hydrogen) atoms. The predicted molar refractivity (Wildman–Crippen MR) is 46.2 cm³/mol. The first-order valence-electron chi connectivity index (χ1n) is 4.30. The summed E-state index contributed by atoms with van der Waals surface area (Å²) in [4.78, 5) is 22.2. The van der Waals surface area contributed by atoms with Crippen LogP contribution >= 0.6 is 0 Å². The van der Waals surface area contributed by atoms with Crippen LogP contribution in [0.1, 0.15) is 13.8 Å². The molecule has 0 aromatic heterocycles. The molecule has 1 unspecified atom stereocenters. The van der Waals surface area contributed by atoms with Crippen molar-refractivity contribution in [1.29, 1.82) is 0 Å². The minimum absolute atomic E-state index is 0.216. The number of likely N-dealkylation sites (N-methyl/N-ethyl adjacent to an activating group) is 2. The molecule has 5 heteroatoms. The maximum Gasteiger partial charge on any atom is 0.493 e. The zero-order chi connectivity index (χ0) is 9.84. The van der Waals surface area contributed by atoms with Crippen molar-refractivity contribution >= 4 is 17.6 Å². The molecule has 0 fully saturated rings. The van der Waals surface area contributed by atoms with Crippen LogP contribution in [-0.4, -0.2) is 36.8 Å². The Kier molecular flexibility index (Phi) is 3.00. The van der Waals surface area contributed by atoms with Gasteiger partial charge in [-0.15, -0.1) is 0 Å². The summed E-state index contributed by atoms with van der Waals surface area (Å²) >= 11 is 0. The molecule has 0 aromatic carbocycles. The number of nitrogens with one attached hydrogen (secondary N) is 2. The SMILES string of the molecule is CCNC(=O)C1=[O+]C1C(=O)NCC. The Morgan fingerprint density at radius 2 is 1.92 bits per heavy atom. The number of carbonyl (C=O) groups excluding carboxylic acids is 3. The van der Waals surface area contributed by atoms with Gasteiger partial charge in [-0.25, -0.2) is 4.42 Å². The largest absolute Gasteiger partial charge is 0.493 e. The van der Waals surface area contributed by atoms with Gasteiger partial charge in [0.15, 0.2) is 0 Å². The van der Waals surface area contributed by atoms with E-state index in [0.717, 1.165) is 0 Å². The molecule has 1 aliphatic heterocycles. The van der Waals surface area contributed by atoms with Gasteiger partial charge in [-0.1, -0.05) is 0 Å². The Morgan fingerprint density at radius 1 is 1.31 bits per heavy atom. The first-order chi connectivity index (χ1) is 6.20. The number of ketones is 1. The second kappa shape index (κ2) is 4.02. The topological polar surface area (TPSA) is 69.5 Å². The molecule has 1 rings (SSSR count). The van der Waals surface area contributed by atoms with Crippen LogP contribution in [0.4, 0.5) is 0 Å². The summed E-state index contributed by atoms with van der Waals surface area (Å²) in [5.74, 6) is -0.324. The summed E-state index contributed by atoms with van der Waals surface area (Å²) in [5, 5.41) is 5.12. The molecular formula is C8H13N2O3+. The van der Waals surface area contributed by atoms with E-state index < -0.39 is 6.10 Å². The zero-order valence-corrected chi connectivity index (χ0v) is 7.72. The highest BCUT2D eigenvalue weighted by atomic mass is 16.5. The monoisotopic (exact) mass is 185 g/mol. The number of hydrogen-bond acceptors (Lipinski definition) is 2. The molecule has 5 nitrogen and oxygen atoms in total. The number of hydrogen-bond donors (Lipinski definition) is 2. The highest BCUT2D eigenvalue weighted by Crippen LogP contribution is 2.05. The van der Waals surface area contributed by atoms with E-state index in [1.54, 1.807) is 0 Å². The van der Waals surface area contributed by atoms with Crippen molar-refractivity contribution in [2.24, 2.45) is 0 Å². The van der Waals surface area contributed by atoms with Gasteiger partial charge in [-0.3, -0.25) is 9.59 Å². The van der Waals surface area contributed by atoms with Crippen molar-refractivity contribution < 1.29 is 14.0 Å². The molecule has 0 saturated carbocycles. The van der Waals surface area contributed by atoms with Gasteiger partial charge in [0.2, 0.25) is 0 Å². The van der Waals surface area contributed by atoms with Crippen molar-refractivity contribution in [3.8, 4) is 0 Å². The Hall–Kier alpha value is -1.39. The quantitative estimate of drug-likeness (QED) is 0.326. The van der Waals surface area contributed by atoms with Gasteiger partial charge in [-0.2, -0.15) is 0 Å². The normalized spacial score (nSPS) is 18.9. The van der Waals surface area contributed by atoms with E-state index >= 15 is 0 Å². The third-order valence-corrected chi connectivity index (χ3v) is 1.58. The lowest BCUT2D eigenvalue weighted by atomic mass is 10.3. The van der Waals surface area contributed by atoms with Crippen LogP contribution in [0.3, 0.4) is 0 Å². The first-order valence-corrected chi connectivity index (χ1v) is 4.30. The van der Waals surface area contributed by atoms with Crippen molar-refractivity contribution in [1.82, 2.24) is 10.6 Å². The molecule has 0 aromatic rings. The van der Waals surface area contributed by atoms with E-state index in [0.29, 0.717) is 13.1 Å². The average molecular weight is 185 g/mol. The van der Waals surface area contributed by atoms with Crippen LogP contribution in [-0.2, 0) is 14.0 Å². The molecule has 0 aliphatic carbocycles. The van der Waals surface area contributed by atoms with Crippen LogP contribution in [0.15, 0.2) is 0 Å². The molecule has 2 N–H and O–H groups in total. The van der Waals surface area contributed by atoms with Gasteiger partial charge in [0, 0.05) is 13.1 Å². The first kappa shape index (κ1) is 9.70. The lowest BCUT2D eigenvalue weighted by molar-refractivity contribution is -0.379. The Balaban J connectivity index is 2.32. The molecule has 0 radical (unpaired) electrons. The van der Waals surface area contributed by atoms with Crippen molar-refractivity contribution in [2.75, 3.05) is 13.1 Å². The fraction of sp³-hybridized carbons (Fsp3) is 0.625. The summed E-state index contributed by atoms with van der Waals surface area (Å²) in [6, 6.07) is 0. The predicted octanol–water partition coefficient (Wildman–Crippen LogP) is -1.25. The minimum atomic E-state index is -0.661. The Bertz CT molecular complexity index is 260. The molecule has 2 amide bonds. The summed E-state index contributed by atoms with van der Waals surface area (Å²) in [7, 11) is 0. The maximum atomic E-state index is 11.1. The molecule has 0 spiro atoms. The van der Waals surface area contributed by atoms with Crippen LogP contribution < -0.4 is 10.6 Å². The fourth-order valence-corrected chi connectivity index (χ4v) is 0.953. The Morgan fingerprint density at radius 3 is 2.46 bits per heavy atom. The van der Waals surface area contributed by atoms with Gasteiger partial charge in [-0.05, 0) is 13.8 Å². The smallest absolute Gasteiger partial charge is 0.347 e. The standard InChI is InChI=1S/C8H12N2O3/c1-3-9-7(11)5-6(13-5)8(12)10-4-2/h5H,3-4H2,1-2H3,(H-,9,10,11,12)/p+1. The Labute approximate surface area is 76.2 Å². The molecule has 1 atom stereocenters. The third kappa shape index (κ3) is 2.27. The summed E-state index contributed by atoms with van der Waals surface area (Å²) in [6.45, 7) is 4.70. The van der Waals surface area contributed by atoms with Crippen LogP contribution in [0.25, 0.3) is 0 Å². The van der Waals surface area contributed by atoms with E-state index in [9.17, 15) is 9.59 Å². The molecule has 0 saturated heterocycles. The summed E-state index contributed by atoms with van der Waals surface area (Å²) in [5.41, 5.74) is 0. The number of amides is 2. The van der Waals surface area contributed by atoms with Crippen LogP contribution in [0, 0.1) is 0 Å². The lowest BCUT2D eigenvalue weighted by Gasteiger charge is -1.90. The lowest BCUT2D eigenvalue weighted by Crippen LogP contribution is -2.35. The molecular weight excluding hydrogens is 172 g/mol. The molecule has 1 heterocycles. The highest BCUT2D eigenvalue weighted by molar-refractivity contribution is 6.45. The summed E-state index contributed by atoms with van der Waals surface area (Å²) < 4.78 is 4.84. The van der Waals surface area contributed by atoms with Crippen LogP contribution in [0.5, 0.6) is 0 Å². The second-order valence-electron chi connectivity index (χ2n) is 2.62. The van der Waals surface area contributed by atoms with E-state index in [4.69, 9.17) is 4.42 Å². The molecule has 1 aliphatic rings. The van der Waals surface area contributed by atoms with Crippen LogP contribution in [0.2, 0.25) is 0 Å². The van der Waals surface area contributed by atoms with Crippen molar-refractivity contribution in [3.05, 3.63) is 0 Å². The van der Waals surface area contributed by atoms with Gasteiger partial charge in [0.05, 0.1) is 0 Å². The van der Waals surface area contributed by atoms with E-state index in [-0.39, 0.29) is 17.6 Å². The highest BCUT2D eigenvalue weighted by Gasteiger charge is 2.60. The van der Waals surface area contributed by atoms with Crippen molar-refractivity contribution in [3.63, 3.8) is 0 Å². The number of rotatable bonds is 4.